The van der Waals surface area contributed by atoms with E-state index in [-0.39, 0.29) is 19.1 Å². The maximum absolute atomic E-state index is 15.3. The van der Waals surface area contributed by atoms with E-state index >= 15 is 4.39 Å². The van der Waals surface area contributed by atoms with E-state index in [4.69, 9.17) is 14.2 Å². The van der Waals surface area contributed by atoms with E-state index < -0.39 is 17.5 Å². The standard InChI is InChI=1S/C26H27FN6O4/c1-14-9-28-22(31(14)5)16-8-20-24(33-13-29-30-23(16)33)32(25(34)37-26(2,3)4)10-17-18(27)6-7-19-21(17)15(11-35-19)12-36-20/h6-9,13,15H,10-12H2,1-5H3/t15-/m1/s1. The minimum Gasteiger partial charge on any atom is -0.493 e. The third kappa shape index (κ3) is 3.76. The summed E-state index contributed by atoms with van der Waals surface area (Å²) >= 11 is 0. The summed E-state index contributed by atoms with van der Waals surface area (Å²) in [6, 6.07) is 4.79. The van der Waals surface area contributed by atoms with Crippen molar-refractivity contribution < 1.29 is 23.4 Å². The van der Waals surface area contributed by atoms with Crippen LogP contribution in [0.25, 0.3) is 17.0 Å². The van der Waals surface area contributed by atoms with Crippen LogP contribution in [0.1, 0.15) is 43.5 Å². The number of pyridine rings is 1. The molecule has 1 atom stereocenters. The van der Waals surface area contributed by atoms with E-state index in [1.54, 1.807) is 37.4 Å². The van der Waals surface area contributed by atoms with Gasteiger partial charge in [-0.15, -0.1) is 10.2 Å². The number of hydrogen-bond donors (Lipinski definition) is 0. The van der Waals surface area contributed by atoms with Crippen LogP contribution in [-0.2, 0) is 18.3 Å². The van der Waals surface area contributed by atoms with Gasteiger partial charge in [0.2, 0.25) is 0 Å². The van der Waals surface area contributed by atoms with Crippen LogP contribution in [0.5, 0.6) is 11.5 Å². The number of fused-ring (bicyclic) bond motifs is 3. The van der Waals surface area contributed by atoms with Crippen molar-refractivity contribution in [3.05, 3.63) is 53.4 Å². The largest absolute Gasteiger partial charge is 0.493 e. The zero-order valence-corrected chi connectivity index (χ0v) is 21.3. The molecule has 0 saturated heterocycles. The van der Waals surface area contributed by atoms with Crippen LogP contribution in [-0.4, -0.2) is 49.1 Å². The summed E-state index contributed by atoms with van der Waals surface area (Å²) in [5, 5.41) is 8.46. The first-order valence-corrected chi connectivity index (χ1v) is 12.0. The lowest BCUT2D eigenvalue weighted by atomic mass is 9.95. The van der Waals surface area contributed by atoms with Gasteiger partial charge in [-0.3, -0.25) is 9.30 Å². The highest BCUT2D eigenvalue weighted by Crippen LogP contribution is 2.43. The van der Waals surface area contributed by atoms with Gasteiger partial charge in [0.25, 0.3) is 0 Å². The van der Waals surface area contributed by atoms with E-state index in [9.17, 15) is 4.79 Å². The van der Waals surface area contributed by atoms with Gasteiger partial charge in [-0.2, -0.15) is 0 Å². The van der Waals surface area contributed by atoms with Crippen LogP contribution in [0.3, 0.4) is 0 Å². The lowest BCUT2D eigenvalue weighted by Crippen LogP contribution is -2.38. The molecular formula is C26H27FN6O4. The lowest BCUT2D eigenvalue weighted by Gasteiger charge is -2.29. The molecule has 0 N–H and O–H groups in total. The minimum absolute atomic E-state index is 0.0890. The molecule has 0 aliphatic carbocycles. The van der Waals surface area contributed by atoms with E-state index in [2.05, 4.69) is 15.2 Å². The van der Waals surface area contributed by atoms with Crippen molar-refractivity contribution in [1.82, 2.24) is 24.1 Å². The van der Waals surface area contributed by atoms with Crippen molar-refractivity contribution in [2.75, 3.05) is 18.1 Å². The Balaban J connectivity index is 1.61. The Hall–Kier alpha value is -4.15. The number of carbonyl (C=O) groups excluding carboxylic acids is 1. The van der Waals surface area contributed by atoms with Gasteiger partial charge in [-0.05, 0) is 45.9 Å². The molecule has 2 aliphatic heterocycles. The molecule has 6 rings (SSSR count). The summed E-state index contributed by atoms with van der Waals surface area (Å²) in [6.45, 7) is 7.80. The Morgan fingerprint density at radius 2 is 1.95 bits per heavy atom. The van der Waals surface area contributed by atoms with Crippen LogP contribution in [0.4, 0.5) is 15.0 Å². The molecule has 0 fully saturated rings. The maximum atomic E-state index is 15.3. The van der Waals surface area contributed by atoms with Crippen LogP contribution in [0.2, 0.25) is 0 Å². The van der Waals surface area contributed by atoms with E-state index in [0.29, 0.717) is 52.1 Å². The quantitative estimate of drug-likeness (QED) is 0.378. The number of aromatic nitrogens is 5. The summed E-state index contributed by atoms with van der Waals surface area (Å²) in [5.74, 6) is 1.39. The first-order valence-electron chi connectivity index (χ1n) is 12.0. The third-order valence-corrected chi connectivity index (χ3v) is 6.71. The van der Waals surface area contributed by atoms with Gasteiger partial charge in [-0.25, -0.2) is 14.2 Å². The number of hydrogen-bond acceptors (Lipinski definition) is 7. The molecule has 0 radical (unpaired) electrons. The second-order valence-electron chi connectivity index (χ2n) is 10.4. The van der Waals surface area contributed by atoms with Gasteiger partial charge in [0.05, 0.1) is 31.2 Å². The molecule has 0 unspecified atom stereocenters. The number of carbonyl (C=O) groups is 1. The first-order chi connectivity index (χ1) is 17.6. The first kappa shape index (κ1) is 23.3. The molecule has 3 aromatic heterocycles. The predicted octanol–water partition coefficient (Wildman–Crippen LogP) is 4.39. The number of amides is 1. The van der Waals surface area contributed by atoms with Crippen molar-refractivity contribution in [3.63, 3.8) is 0 Å². The Bertz CT molecular complexity index is 1550. The SMILES string of the molecule is Cc1cnc(-c2cc3c(n4cnnc24)N(C(=O)OC(C)(C)C)Cc2c(F)ccc4c2[C@H](CO4)CO3)n1C. The van der Waals surface area contributed by atoms with Gasteiger partial charge in [0, 0.05) is 30.1 Å². The molecule has 192 valence electrons. The fourth-order valence-electron chi connectivity index (χ4n) is 4.88. The van der Waals surface area contributed by atoms with Crippen LogP contribution < -0.4 is 14.4 Å². The van der Waals surface area contributed by atoms with Crippen LogP contribution in [0, 0.1) is 12.7 Å². The normalized spacial score (nSPS) is 16.8. The molecule has 10 nitrogen and oxygen atoms in total. The van der Waals surface area contributed by atoms with E-state index in [0.717, 1.165) is 5.69 Å². The highest BCUT2D eigenvalue weighted by Gasteiger charge is 2.37. The number of aryl methyl sites for hydroxylation is 1. The highest BCUT2D eigenvalue weighted by molar-refractivity contribution is 5.91. The summed E-state index contributed by atoms with van der Waals surface area (Å²) in [6.07, 6.45) is 2.63. The average molecular weight is 507 g/mol. The molecule has 11 heteroatoms. The van der Waals surface area contributed by atoms with Crippen molar-refractivity contribution >= 4 is 17.6 Å². The summed E-state index contributed by atoms with van der Waals surface area (Å²) in [5.41, 5.74) is 2.42. The maximum Gasteiger partial charge on any atom is 0.416 e. The number of halogens is 1. The third-order valence-electron chi connectivity index (χ3n) is 6.71. The van der Waals surface area contributed by atoms with Crippen LogP contribution >= 0.6 is 0 Å². The predicted molar refractivity (Wildman–Crippen MR) is 132 cm³/mol. The summed E-state index contributed by atoms with van der Waals surface area (Å²) in [7, 11) is 1.91. The van der Waals surface area contributed by atoms with Gasteiger partial charge < -0.3 is 18.8 Å². The van der Waals surface area contributed by atoms with E-state index in [1.807, 2.05) is 24.6 Å². The Kier molecular flexibility index (Phi) is 5.15. The second-order valence-corrected chi connectivity index (χ2v) is 10.4. The number of nitrogens with zero attached hydrogens (tertiary/aromatic N) is 6. The van der Waals surface area contributed by atoms with Gasteiger partial charge in [0.15, 0.2) is 17.2 Å². The Morgan fingerprint density at radius 1 is 1.19 bits per heavy atom. The van der Waals surface area contributed by atoms with Crippen molar-refractivity contribution in [2.45, 2.75) is 45.8 Å². The topological polar surface area (TPSA) is 96.0 Å². The smallest absolute Gasteiger partial charge is 0.416 e. The summed E-state index contributed by atoms with van der Waals surface area (Å²) < 4.78 is 36.9. The fraction of sp³-hybridized carbons (Fsp3) is 0.385. The zero-order chi connectivity index (χ0) is 26.1. The zero-order valence-electron chi connectivity index (χ0n) is 21.3. The number of rotatable bonds is 1. The molecule has 37 heavy (non-hydrogen) atoms. The van der Waals surface area contributed by atoms with Gasteiger partial charge >= 0.3 is 6.09 Å². The molecule has 0 saturated carbocycles. The molecule has 4 aromatic rings. The van der Waals surface area contributed by atoms with Gasteiger partial charge in [-0.1, -0.05) is 0 Å². The second kappa shape index (κ2) is 8.19. The monoisotopic (exact) mass is 506 g/mol. The average Bonchev–Trinajstić information content (AvgIpc) is 3.55. The molecule has 2 aliphatic rings. The number of ether oxygens (including phenoxy) is 3. The van der Waals surface area contributed by atoms with Gasteiger partial charge in [0.1, 0.15) is 29.3 Å². The molecule has 1 amide bonds. The molecule has 0 bridgehead atoms. The fourth-order valence-corrected chi connectivity index (χ4v) is 4.88. The molecule has 5 heterocycles. The molecule has 1 aromatic carbocycles. The van der Waals surface area contributed by atoms with Crippen molar-refractivity contribution in [2.24, 2.45) is 7.05 Å². The van der Waals surface area contributed by atoms with Crippen molar-refractivity contribution in [1.29, 1.82) is 0 Å². The van der Waals surface area contributed by atoms with E-state index in [1.165, 1.54) is 17.3 Å². The van der Waals surface area contributed by atoms with Crippen molar-refractivity contribution in [3.8, 4) is 22.9 Å². The Morgan fingerprint density at radius 3 is 2.65 bits per heavy atom. The lowest BCUT2D eigenvalue weighted by molar-refractivity contribution is 0.0574. The molecule has 0 spiro atoms. The van der Waals surface area contributed by atoms with Crippen LogP contribution in [0.15, 0.2) is 30.7 Å². The Labute approximate surface area is 212 Å². The number of anilines is 1. The number of benzene rings is 1. The number of imidazole rings is 1. The molecular weight excluding hydrogens is 479 g/mol. The minimum atomic E-state index is -0.782. The summed E-state index contributed by atoms with van der Waals surface area (Å²) in [4.78, 5) is 19.6. The highest BCUT2D eigenvalue weighted by atomic mass is 19.1.